The summed E-state index contributed by atoms with van der Waals surface area (Å²) in [5, 5.41) is -0.00817. The number of halogens is 2. The number of carbonyl (C=O) groups is 6. The van der Waals surface area contributed by atoms with E-state index in [1.165, 1.54) is 12.1 Å². The fraction of sp³-hybridized carbons (Fsp3) is 0.385. The first-order valence-electron chi connectivity index (χ1n) is 12.4. The molecule has 0 atom stereocenters. The SMILES string of the molecule is CCCOCCOC(=O)N1C(=O)c2cc(Br)c3c4c(cc(Br)c(c24)C1=O)C(=O)N(C(=O)OCCOCCC)C3=O. The second-order valence-corrected chi connectivity index (χ2v) is 10.4. The van der Waals surface area contributed by atoms with Gasteiger partial charge < -0.3 is 18.9 Å². The van der Waals surface area contributed by atoms with Crippen molar-refractivity contribution in [2.24, 2.45) is 0 Å². The molecule has 2 aromatic carbocycles. The lowest BCUT2D eigenvalue weighted by Crippen LogP contribution is -2.47. The molecule has 2 aliphatic rings. The fourth-order valence-corrected chi connectivity index (χ4v) is 5.50. The highest BCUT2D eigenvalue weighted by molar-refractivity contribution is 9.10. The number of nitrogens with zero attached hydrogens (tertiary/aromatic N) is 2. The molecule has 2 aromatic rings. The molecule has 40 heavy (non-hydrogen) atoms. The summed E-state index contributed by atoms with van der Waals surface area (Å²) in [5.74, 6) is -4.00. The van der Waals surface area contributed by atoms with E-state index in [4.69, 9.17) is 18.9 Å². The monoisotopic (exact) mass is 682 g/mol. The molecule has 0 aliphatic carbocycles. The Morgan fingerprint density at radius 3 is 1.35 bits per heavy atom. The van der Waals surface area contributed by atoms with E-state index < -0.39 is 35.8 Å². The van der Waals surface area contributed by atoms with Gasteiger partial charge in [-0.3, -0.25) is 19.2 Å². The second kappa shape index (κ2) is 12.5. The van der Waals surface area contributed by atoms with E-state index in [0.717, 1.165) is 12.8 Å². The van der Waals surface area contributed by atoms with Gasteiger partial charge in [-0.25, -0.2) is 9.59 Å². The van der Waals surface area contributed by atoms with Crippen LogP contribution < -0.4 is 0 Å². The first kappa shape index (κ1) is 29.8. The van der Waals surface area contributed by atoms with Gasteiger partial charge in [0.2, 0.25) is 0 Å². The number of amides is 6. The summed E-state index contributed by atoms with van der Waals surface area (Å²) < 4.78 is 20.8. The van der Waals surface area contributed by atoms with Gasteiger partial charge >= 0.3 is 12.2 Å². The number of benzene rings is 2. The van der Waals surface area contributed by atoms with Crippen molar-refractivity contribution in [3.63, 3.8) is 0 Å². The number of rotatable bonds is 10. The van der Waals surface area contributed by atoms with Gasteiger partial charge in [0.25, 0.3) is 23.6 Å². The van der Waals surface area contributed by atoms with Gasteiger partial charge in [-0.05, 0) is 56.8 Å². The maximum Gasteiger partial charge on any atom is 0.424 e. The first-order chi connectivity index (χ1) is 19.1. The summed E-state index contributed by atoms with van der Waals surface area (Å²) in [6.45, 7) is 4.55. The van der Waals surface area contributed by atoms with Gasteiger partial charge in [0, 0.05) is 32.9 Å². The third kappa shape index (κ3) is 5.28. The molecule has 0 radical (unpaired) electrons. The summed E-state index contributed by atoms with van der Waals surface area (Å²) >= 11 is 6.51. The van der Waals surface area contributed by atoms with Gasteiger partial charge in [0.15, 0.2) is 0 Å². The van der Waals surface area contributed by atoms with E-state index in [2.05, 4.69) is 31.9 Å². The molecule has 0 N–H and O–H groups in total. The molecule has 212 valence electrons. The molecular weight excluding hydrogens is 660 g/mol. The molecule has 6 amide bonds. The zero-order valence-corrected chi connectivity index (χ0v) is 24.7. The van der Waals surface area contributed by atoms with Crippen molar-refractivity contribution in [1.82, 2.24) is 9.80 Å². The van der Waals surface area contributed by atoms with Crippen LogP contribution in [-0.4, -0.2) is 85.3 Å². The van der Waals surface area contributed by atoms with E-state index in [9.17, 15) is 28.8 Å². The Morgan fingerprint density at radius 1 is 0.625 bits per heavy atom. The van der Waals surface area contributed by atoms with Crippen molar-refractivity contribution in [3.8, 4) is 0 Å². The number of hydrogen-bond acceptors (Lipinski definition) is 10. The van der Waals surface area contributed by atoms with Crippen molar-refractivity contribution >= 4 is 78.4 Å². The average molecular weight is 684 g/mol. The molecule has 2 heterocycles. The molecule has 0 aromatic heterocycles. The van der Waals surface area contributed by atoms with Crippen molar-refractivity contribution < 1.29 is 47.7 Å². The lowest BCUT2D eigenvalue weighted by atomic mass is 9.86. The van der Waals surface area contributed by atoms with Crippen LogP contribution in [0.25, 0.3) is 10.8 Å². The fourth-order valence-electron chi connectivity index (χ4n) is 4.30. The van der Waals surface area contributed by atoms with Crippen LogP contribution in [-0.2, 0) is 18.9 Å². The Morgan fingerprint density at radius 2 is 1.00 bits per heavy atom. The molecule has 4 rings (SSSR count). The predicted molar refractivity (Wildman–Crippen MR) is 145 cm³/mol. The quantitative estimate of drug-likeness (QED) is 0.255. The lowest BCUT2D eigenvalue weighted by molar-refractivity contribution is 0.0409. The van der Waals surface area contributed by atoms with Crippen LogP contribution in [0.4, 0.5) is 9.59 Å². The predicted octanol–water partition coefficient (Wildman–Crippen LogP) is 4.68. The van der Waals surface area contributed by atoms with Crippen LogP contribution in [0.15, 0.2) is 21.1 Å². The number of imide groups is 6. The van der Waals surface area contributed by atoms with E-state index in [-0.39, 0.29) is 68.4 Å². The molecule has 12 nitrogen and oxygen atoms in total. The molecular formula is C26H24Br2N2O10. The highest BCUT2D eigenvalue weighted by Gasteiger charge is 2.46. The third-order valence-corrected chi connectivity index (χ3v) is 7.23. The third-order valence-electron chi connectivity index (χ3n) is 5.98. The molecule has 0 saturated carbocycles. The molecule has 0 fully saturated rings. The van der Waals surface area contributed by atoms with Crippen LogP contribution >= 0.6 is 31.9 Å². The number of ether oxygens (including phenoxy) is 4. The highest BCUT2D eigenvalue weighted by atomic mass is 79.9. The van der Waals surface area contributed by atoms with Crippen LogP contribution in [0.5, 0.6) is 0 Å². The van der Waals surface area contributed by atoms with Crippen molar-refractivity contribution in [2.75, 3.05) is 39.6 Å². The zero-order chi connectivity index (χ0) is 29.1. The molecule has 0 bridgehead atoms. The maximum atomic E-state index is 13.4. The molecule has 0 saturated heterocycles. The molecule has 2 aliphatic heterocycles. The average Bonchev–Trinajstić information content (AvgIpc) is 2.91. The van der Waals surface area contributed by atoms with Crippen molar-refractivity contribution in [2.45, 2.75) is 26.7 Å². The van der Waals surface area contributed by atoms with E-state index in [1.54, 1.807) is 0 Å². The van der Waals surface area contributed by atoms with Gasteiger partial charge in [-0.15, -0.1) is 0 Å². The topological polar surface area (TPSA) is 146 Å². The smallest absolute Gasteiger partial charge is 0.424 e. The molecule has 14 heteroatoms. The van der Waals surface area contributed by atoms with Crippen LogP contribution in [0.3, 0.4) is 0 Å². The number of hydrogen-bond donors (Lipinski definition) is 0. The summed E-state index contributed by atoms with van der Waals surface area (Å²) in [7, 11) is 0. The Hall–Kier alpha value is -3.20. The van der Waals surface area contributed by atoms with Crippen molar-refractivity contribution in [3.05, 3.63) is 43.3 Å². The standard InChI is InChI=1S/C26H24Br2N2O10/c1-3-5-37-7-9-39-25(35)29-21(31)13-11-16(28)20-18-14(12-15(27)19(17(13)18)23(29)33)22(32)30(24(20)34)26(36)40-10-8-38-6-4-2/h11-12H,3-10H2,1-2H3. The highest BCUT2D eigenvalue weighted by Crippen LogP contribution is 2.44. The Labute approximate surface area is 245 Å². The molecule has 0 spiro atoms. The van der Waals surface area contributed by atoms with Crippen LogP contribution in [0, 0.1) is 0 Å². The van der Waals surface area contributed by atoms with Gasteiger partial charge in [-0.1, -0.05) is 13.8 Å². The van der Waals surface area contributed by atoms with E-state index >= 15 is 0 Å². The minimum atomic E-state index is -1.19. The first-order valence-corrected chi connectivity index (χ1v) is 14.0. The summed E-state index contributed by atoms with van der Waals surface area (Å²) in [6, 6.07) is 2.51. The maximum absolute atomic E-state index is 13.4. The Bertz CT molecular complexity index is 1330. The van der Waals surface area contributed by atoms with Crippen molar-refractivity contribution in [1.29, 1.82) is 0 Å². The van der Waals surface area contributed by atoms with Gasteiger partial charge in [0.1, 0.15) is 13.2 Å². The minimum Gasteiger partial charge on any atom is -0.446 e. The second-order valence-electron chi connectivity index (χ2n) is 8.66. The summed E-state index contributed by atoms with van der Waals surface area (Å²) in [5.41, 5.74) is -0.477. The van der Waals surface area contributed by atoms with Gasteiger partial charge in [-0.2, -0.15) is 9.80 Å². The minimum absolute atomic E-state index is 0.00409. The summed E-state index contributed by atoms with van der Waals surface area (Å²) in [4.78, 5) is 79.8. The number of carbonyl (C=O) groups excluding carboxylic acids is 6. The van der Waals surface area contributed by atoms with E-state index in [1.807, 2.05) is 13.8 Å². The van der Waals surface area contributed by atoms with Gasteiger partial charge in [0.05, 0.1) is 35.5 Å². The molecule has 0 unspecified atom stereocenters. The Kier molecular flexibility index (Phi) is 9.33. The lowest BCUT2D eigenvalue weighted by Gasteiger charge is -2.31. The van der Waals surface area contributed by atoms with Crippen LogP contribution in [0.1, 0.15) is 68.1 Å². The Balaban J connectivity index is 1.71. The normalized spacial score (nSPS) is 14.3. The van der Waals surface area contributed by atoms with Crippen LogP contribution in [0.2, 0.25) is 0 Å². The zero-order valence-electron chi connectivity index (χ0n) is 21.5. The largest absolute Gasteiger partial charge is 0.446 e. The van der Waals surface area contributed by atoms with E-state index in [0.29, 0.717) is 23.0 Å². The summed E-state index contributed by atoms with van der Waals surface area (Å²) in [6.07, 6.45) is -0.854.